The molecule has 3 atom stereocenters. The van der Waals surface area contributed by atoms with Crippen LogP contribution in [0.1, 0.15) is 43.4 Å². The number of piperidine rings is 1. The van der Waals surface area contributed by atoms with Crippen molar-refractivity contribution in [3.05, 3.63) is 65.9 Å². The average Bonchev–Trinajstić information content (AvgIpc) is 3.30. The first-order valence-electron chi connectivity index (χ1n) is 14.8. The Morgan fingerprint density at radius 1 is 1.00 bits per heavy atom. The van der Waals surface area contributed by atoms with Gasteiger partial charge in [-0.15, -0.1) is 0 Å². The second-order valence-electron chi connectivity index (χ2n) is 11.4. The van der Waals surface area contributed by atoms with Gasteiger partial charge in [-0.05, 0) is 69.6 Å². The van der Waals surface area contributed by atoms with E-state index >= 15 is 0 Å². The van der Waals surface area contributed by atoms with Crippen molar-refractivity contribution in [1.82, 2.24) is 20.3 Å². The van der Waals surface area contributed by atoms with Gasteiger partial charge >= 0.3 is 6.09 Å². The summed E-state index contributed by atoms with van der Waals surface area (Å²) in [5.41, 5.74) is 5.08. The second-order valence-corrected chi connectivity index (χ2v) is 11.4. The SMILES string of the molecule is Cc1cc(COc2ccc(NC(=O)C3C(C(=O)NO)CC(OC(=O)N4CCCCCC4)CN3C)cc2)c2ccccc2n1. The number of aryl methyl sites for hydroxylation is 1. The minimum absolute atomic E-state index is 0.115. The summed E-state index contributed by atoms with van der Waals surface area (Å²) < 4.78 is 11.8. The zero-order valence-electron chi connectivity index (χ0n) is 24.6. The van der Waals surface area contributed by atoms with Crippen LogP contribution in [0.4, 0.5) is 10.5 Å². The molecule has 228 valence electrons. The van der Waals surface area contributed by atoms with Crippen LogP contribution in [0.25, 0.3) is 10.9 Å². The lowest BCUT2D eigenvalue weighted by Gasteiger charge is -2.40. The molecule has 11 heteroatoms. The Bertz CT molecular complexity index is 1440. The Morgan fingerprint density at radius 2 is 1.72 bits per heavy atom. The van der Waals surface area contributed by atoms with Gasteiger partial charge in [-0.25, -0.2) is 10.3 Å². The number of anilines is 1. The fourth-order valence-electron chi connectivity index (χ4n) is 6.03. The van der Waals surface area contributed by atoms with Crippen LogP contribution < -0.4 is 15.5 Å². The molecule has 2 saturated heterocycles. The van der Waals surface area contributed by atoms with E-state index in [0.717, 1.165) is 47.8 Å². The quantitative estimate of drug-likeness (QED) is 0.275. The smallest absolute Gasteiger partial charge is 0.410 e. The Labute approximate surface area is 251 Å². The predicted octanol–water partition coefficient (Wildman–Crippen LogP) is 4.27. The number of hydroxylamine groups is 1. The first-order valence-corrected chi connectivity index (χ1v) is 14.8. The van der Waals surface area contributed by atoms with Crippen LogP contribution in [0.5, 0.6) is 5.75 Å². The summed E-state index contributed by atoms with van der Waals surface area (Å²) in [4.78, 5) is 46.8. The van der Waals surface area contributed by atoms with Crippen LogP contribution in [0.3, 0.4) is 0 Å². The zero-order chi connectivity index (χ0) is 30.3. The number of amides is 3. The van der Waals surface area contributed by atoms with Crippen LogP contribution in [0.2, 0.25) is 0 Å². The Balaban J connectivity index is 1.20. The molecule has 0 aliphatic carbocycles. The van der Waals surface area contributed by atoms with E-state index in [1.165, 1.54) is 0 Å². The second kappa shape index (κ2) is 13.8. The largest absolute Gasteiger partial charge is 0.489 e. The standard InChI is InChI=1S/C32H39N5O6/c1-21-17-22(26-9-5-6-10-28(26)33-21)20-42-24-13-11-23(12-14-24)34-31(39)29-27(30(38)35-41)18-25(19-36(29)2)43-32(40)37-15-7-3-4-8-16-37/h5-6,9-14,17,25,27,29,41H,3-4,7-8,15-16,18-20H2,1-2H3,(H,34,39)(H,35,38). The monoisotopic (exact) mass is 589 g/mol. The number of likely N-dealkylation sites (tertiary alicyclic amines) is 2. The number of hydrogen-bond acceptors (Lipinski definition) is 8. The molecule has 0 spiro atoms. The van der Waals surface area contributed by atoms with Crippen molar-refractivity contribution in [3.8, 4) is 5.75 Å². The molecule has 11 nitrogen and oxygen atoms in total. The molecule has 0 saturated carbocycles. The van der Waals surface area contributed by atoms with E-state index < -0.39 is 36.0 Å². The molecule has 3 aromatic rings. The Kier molecular flexibility index (Phi) is 9.73. The van der Waals surface area contributed by atoms with Crippen molar-refractivity contribution in [2.24, 2.45) is 5.92 Å². The van der Waals surface area contributed by atoms with Gasteiger partial charge in [0, 0.05) is 42.0 Å². The number of nitrogens with one attached hydrogen (secondary N) is 2. The number of rotatable bonds is 7. The number of benzene rings is 2. The molecule has 3 N–H and O–H groups in total. The van der Waals surface area contributed by atoms with E-state index in [1.54, 1.807) is 46.6 Å². The molecule has 43 heavy (non-hydrogen) atoms. The number of ether oxygens (including phenoxy) is 2. The van der Waals surface area contributed by atoms with E-state index in [-0.39, 0.29) is 13.0 Å². The molecular formula is C32H39N5O6. The highest BCUT2D eigenvalue weighted by molar-refractivity contribution is 5.98. The molecule has 2 fully saturated rings. The molecule has 0 radical (unpaired) electrons. The van der Waals surface area contributed by atoms with Gasteiger partial charge in [-0.3, -0.25) is 24.7 Å². The number of likely N-dealkylation sites (N-methyl/N-ethyl adjacent to an activating group) is 1. The summed E-state index contributed by atoms with van der Waals surface area (Å²) in [6.07, 6.45) is 3.17. The highest BCUT2D eigenvalue weighted by Gasteiger charge is 2.44. The summed E-state index contributed by atoms with van der Waals surface area (Å²) in [6, 6.07) is 16.1. The van der Waals surface area contributed by atoms with Gasteiger partial charge in [0.05, 0.1) is 11.4 Å². The van der Waals surface area contributed by atoms with Gasteiger partial charge in [0.1, 0.15) is 24.5 Å². The van der Waals surface area contributed by atoms with Gasteiger partial charge in [-0.1, -0.05) is 31.0 Å². The fourth-order valence-corrected chi connectivity index (χ4v) is 6.03. The maximum atomic E-state index is 13.4. The lowest BCUT2D eigenvalue weighted by Crippen LogP contribution is -2.58. The highest BCUT2D eigenvalue weighted by atomic mass is 16.6. The summed E-state index contributed by atoms with van der Waals surface area (Å²) in [5.74, 6) is -1.39. The van der Waals surface area contributed by atoms with E-state index in [9.17, 15) is 19.6 Å². The number of fused-ring (bicyclic) bond motifs is 1. The normalized spacial score (nSPS) is 21.1. The number of carbonyl (C=O) groups is 3. The van der Waals surface area contributed by atoms with Gasteiger partial charge < -0.3 is 19.7 Å². The zero-order valence-corrected chi connectivity index (χ0v) is 24.6. The van der Waals surface area contributed by atoms with E-state index in [0.29, 0.717) is 31.1 Å². The topological polar surface area (TPSA) is 133 Å². The first-order chi connectivity index (χ1) is 20.8. The lowest BCUT2D eigenvalue weighted by molar-refractivity contribution is -0.144. The number of pyridine rings is 1. The Morgan fingerprint density at radius 3 is 2.44 bits per heavy atom. The van der Waals surface area contributed by atoms with Gasteiger partial charge in [-0.2, -0.15) is 0 Å². The van der Waals surface area contributed by atoms with Crippen LogP contribution >= 0.6 is 0 Å². The van der Waals surface area contributed by atoms with E-state index in [2.05, 4.69) is 10.3 Å². The van der Waals surface area contributed by atoms with E-state index in [1.807, 2.05) is 37.3 Å². The third-order valence-corrected chi connectivity index (χ3v) is 8.16. The summed E-state index contributed by atoms with van der Waals surface area (Å²) in [6.45, 7) is 3.90. The van der Waals surface area contributed by atoms with Crippen LogP contribution in [-0.2, 0) is 20.9 Å². The van der Waals surface area contributed by atoms with Gasteiger partial charge in [0.25, 0.3) is 0 Å². The Hall–Kier alpha value is -4.22. The van der Waals surface area contributed by atoms with Crippen LogP contribution in [0.15, 0.2) is 54.6 Å². The predicted molar refractivity (Wildman–Crippen MR) is 161 cm³/mol. The average molecular weight is 590 g/mol. The minimum Gasteiger partial charge on any atom is -0.489 e. The molecule has 2 aliphatic rings. The van der Waals surface area contributed by atoms with Gasteiger partial charge in [0.2, 0.25) is 11.8 Å². The maximum absolute atomic E-state index is 13.4. The fraction of sp³-hybridized carbons (Fsp3) is 0.438. The van der Waals surface area contributed by atoms with Crippen molar-refractivity contribution in [2.45, 2.75) is 57.8 Å². The summed E-state index contributed by atoms with van der Waals surface area (Å²) >= 11 is 0. The number of carbonyl (C=O) groups excluding carboxylic acids is 3. The molecule has 0 bridgehead atoms. The number of nitrogens with zero attached hydrogens (tertiary/aromatic N) is 3. The number of aromatic nitrogens is 1. The van der Waals surface area contributed by atoms with Crippen molar-refractivity contribution in [1.29, 1.82) is 0 Å². The lowest BCUT2D eigenvalue weighted by atomic mass is 9.86. The molecule has 1 aromatic heterocycles. The van der Waals surface area contributed by atoms with Crippen molar-refractivity contribution in [3.63, 3.8) is 0 Å². The number of hydrogen-bond donors (Lipinski definition) is 3. The molecule has 2 aromatic carbocycles. The highest BCUT2D eigenvalue weighted by Crippen LogP contribution is 2.28. The third-order valence-electron chi connectivity index (χ3n) is 8.16. The van der Waals surface area contributed by atoms with Gasteiger partial charge in [0.15, 0.2) is 0 Å². The summed E-state index contributed by atoms with van der Waals surface area (Å²) in [5, 5.41) is 13.3. The number of para-hydroxylation sites is 1. The van der Waals surface area contributed by atoms with Crippen molar-refractivity contribution < 1.29 is 29.1 Å². The molecule has 3 unspecified atom stereocenters. The molecule has 3 heterocycles. The minimum atomic E-state index is -0.924. The molecule has 2 aliphatic heterocycles. The van der Waals surface area contributed by atoms with Crippen molar-refractivity contribution in [2.75, 3.05) is 32.0 Å². The van der Waals surface area contributed by atoms with Crippen LogP contribution in [0, 0.1) is 12.8 Å². The third kappa shape index (κ3) is 7.41. The van der Waals surface area contributed by atoms with Crippen molar-refractivity contribution >= 4 is 34.5 Å². The van der Waals surface area contributed by atoms with E-state index in [4.69, 9.17) is 9.47 Å². The molecular weight excluding hydrogens is 550 g/mol. The summed E-state index contributed by atoms with van der Waals surface area (Å²) in [7, 11) is 1.70. The van der Waals surface area contributed by atoms with Crippen LogP contribution in [-0.4, -0.2) is 76.7 Å². The first kappa shape index (κ1) is 30.2. The molecule has 5 rings (SSSR count). The maximum Gasteiger partial charge on any atom is 0.410 e. The molecule has 3 amide bonds.